The van der Waals surface area contributed by atoms with Gasteiger partial charge in [-0.3, -0.25) is 19.3 Å². The zero-order valence-corrected chi connectivity index (χ0v) is 15.5. The number of imide groups is 1. The number of piperazine rings is 1. The summed E-state index contributed by atoms with van der Waals surface area (Å²) in [6, 6.07) is 5.82. The predicted molar refractivity (Wildman–Crippen MR) is 99.8 cm³/mol. The van der Waals surface area contributed by atoms with Crippen LogP contribution < -0.4 is 4.90 Å². The minimum atomic E-state index is -0.136. The van der Waals surface area contributed by atoms with Crippen molar-refractivity contribution < 1.29 is 14.4 Å². The predicted octanol–water partition coefficient (Wildman–Crippen LogP) is 1.30. The molecule has 4 rings (SSSR count). The van der Waals surface area contributed by atoms with Gasteiger partial charge in [0, 0.05) is 45.3 Å². The van der Waals surface area contributed by atoms with E-state index < -0.39 is 0 Å². The van der Waals surface area contributed by atoms with Crippen LogP contribution >= 0.6 is 0 Å². The molecular formula is C20H26N4O3. The highest BCUT2D eigenvalue weighted by atomic mass is 16.2. The number of fused-ring (bicyclic) bond motifs is 1. The molecule has 1 aromatic rings. The summed E-state index contributed by atoms with van der Waals surface area (Å²) in [4.78, 5) is 47.3. The largest absolute Gasteiger partial charge is 0.353 e. The maximum Gasteiger partial charge on any atom is 0.233 e. The summed E-state index contributed by atoms with van der Waals surface area (Å²) in [5.74, 6) is 0.563. The van der Waals surface area contributed by atoms with E-state index in [9.17, 15) is 14.4 Å². The Bertz CT molecular complexity index is 691. The molecule has 0 N–H and O–H groups in total. The SMILES string of the molecule is O=C(CCN1C(=O)[C@H]2CCCC[C@@H]2C1=O)N1CCN(c2ccccn2)CC1. The molecule has 0 radical (unpaired) electrons. The van der Waals surface area contributed by atoms with Gasteiger partial charge in [-0.1, -0.05) is 18.9 Å². The Hall–Kier alpha value is -2.44. The molecule has 0 unspecified atom stereocenters. The lowest BCUT2D eigenvalue weighted by Gasteiger charge is -2.35. The van der Waals surface area contributed by atoms with Crippen LogP contribution in [0.2, 0.25) is 0 Å². The fraction of sp³-hybridized carbons (Fsp3) is 0.600. The molecule has 3 fully saturated rings. The highest BCUT2D eigenvalue weighted by molar-refractivity contribution is 6.05. The number of rotatable bonds is 4. The summed E-state index contributed by atoms with van der Waals surface area (Å²) in [6.45, 7) is 3.00. The molecule has 0 bridgehead atoms. The average molecular weight is 370 g/mol. The van der Waals surface area contributed by atoms with Gasteiger partial charge in [-0.05, 0) is 25.0 Å². The number of likely N-dealkylation sites (tertiary alicyclic amines) is 1. The van der Waals surface area contributed by atoms with E-state index >= 15 is 0 Å². The lowest BCUT2D eigenvalue weighted by atomic mass is 9.81. The Labute approximate surface area is 159 Å². The first-order chi connectivity index (χ1) is 13.1. The number of pyridine rings is 1. The Morgan fingerprint density at radius 2 is 1.67 bits per heavy atom. The maximum absolute atomic E-state index is 12.6. The lowest BCUT2D eigenvalue weighted by molar-refractivity contribution is -0.140. The number of nitrogens with zero attached hydrogens (tertiary/aromatic N) is 4. The normalized spacial score (nSPS) is 25.7. The fourth-order valence-corrected chi connectivity index (χ4v) is 4.54. The quantitative estimate of drug-likeness (QED) is 0.747. The number of amides is 3. The van der Waals surface area contributed by atoms with Crippen molar-refractivity contribution in [1.29, 1.82) is 0 Å². The van der Waals surface area contributed by atoms with E-state index in [1.54, 1.807) is 6.20 Å². The van der Waals surface area contributed by atoms with Gasteiger partial charge in [-0.25, -0.2) is 4.98 Å². The van der Waals surface area contributed by atoms with E-state index in [0.717, 1.165) is 44.6 Å². The lowest BCUT2D eigenvalue weighted by Crippen LogP contribution is -2.49. The van der Waals surface area contributed by atoms with Gasteiger partial charge in [-0.15, -0.1) is 0 Å². The standard InChI is InChI=1S/C20H26N4O3/c25-18(23-13-11-22(12-14-23)17-7-3-4-9-21-17)8-10-24-19(26)15-5-1-2-6-16(15)20(24)27/h3-4,7,9,15-16H,1-2,5-6,8,10-14H2/t15-,16-/m0/s1. The molecule has 7 nitrogen and oxygen atoms in total. The van der Waals surface area contributed by atoms with E-state index in [4.69, 9.17) is 0 Å². The molecule has 144 valence electrons. The summed E-state index contributed by atoms with van der Waals surface area (Å²) in [6.07, 6.45) is 5.67. The smallest absolute Gasteiger partial charge is 0.233 e. The highest BCUT2D eigenvalue weighted by Crippen LogP contribution is 2.38. The van der Waals surface area contributed by atoms with Crippen LogP contribution in [-0.2, 0) is 14.4 Å². The van der Waals surface area contributed by atoms with Crippen LogP contribution in [-0.4, -0.2) is 65.2 Å². The summed E-state index contributed by atoms with van der Waals surface area (Å²) >= 11 is 0. The van der Waals surface area contributed by atoms with Gasteiger partial charge in [0.05, 0.1) is 11.8 Å². The van der Waals surface area contributed by atoms with Gasteiger partial charge in [0.2, 0.25) is 17.7 Å². The molecule has 1 aliphatic carbocycles. The van der Waals surface area contributed by atoms with Crippen molar-refractivity contribution in [1.82, 2.24) is 14.8 Å². The van der Waals surface area contributed by atoms with Crippen molar-refractivity contribution in [3.63, 3.8) is 0 Å². The minimum absolute atomic E-state index is 0.0196. The average Bonchev–Trinajstić information content (AvgIpc) is 2.97. The fourth-order valence-electron chi connectivity index (χ4n) is 4.54. The molecular weight excluding hydrogens is 344 g/mol. The molecule has 3 aliphatic rings. The van der Waals surface area contributed by atoms with Gasteiger partial charge in [0.25, 0.3) is 0 Å². The highest BCUT2D eigenvalue weighted by Gasteiger charge is 2.47. The van der Waals surface area contributed by atoms with Crippen molar-refractivity contribution >= 4 is 23.5 Å². The molecule has 27 heavy (non-hydrogen) atoms. The third-order valence-corrected chi connectivity index (χ3v) is 6.09. The van der Waals surface area contributed by atoms with Gasteiger partial charge < -0.3 is 9.80 Å². The molecule has 2 atom stereocenters. The molecule has 1 aromatic heterocycles. The van der Waals surface area contributed by atoms with E-state index in [2.05, 4.69) is 9.88 Å². The zero-order valence-electron chi connectivity index (χ0n) is 15.5. The zero-order chi connectivity index (χ0) is 18.8. The van der Waals surface area contributed by atoms with Crippen LogP contribution in [0.4, 0.5) is 5.82 Å². The molecule has 0 aromatic carbocycles. The second-order valence-electron chi connectivity index (χ2n) is 7.63. The third-order valence-electron chi connectivity index (χ3n) is 6.09. The van der Waals surface area contributed by atoms with Crippen LogP contribution in [0.15, 0.2) is 24.4 Å². The van der Waals surface area contributed by atoms with Crippen LogP contribution in [0.1, 0.15) is 32.1 Å². The van der Waals surface area contributed by atoms with Crippen LogP contribution in [0, 0.1) is 11.8 Å². The summed E-state index contributed by atoms with van der Waals surface area (Å²) < 4.78 is 0. The number of carbonyl (C=O) groups excluding carboxylic acids is 3. The molecule has 7 heteroatoms. The van der Waals surface area contributed by atoms with Crippen molar-refractivity contribution in [2.24, 2.45) is 11.8 Å². The number of anilines is 1. The molecule has 1 saturated carbocycles. The maximum atomic E-state index is 12.6. The number of aromatic nitrogens is 1. The summed E-state index contributed by atoms with van der Waals surface area (Å²) in [7, 11) is 0. The Kier molecular flexibility index (Phi) is 5.09. The number of hydrogen-bond acceptors (Lipinski definition) is 5. The monoisotopic (exact) mass is 370 g/mol. The molecule has 2 aliphatic heterocycles. The van der Waals surface area contributed by atoms with E-state index in [-0.39, 0.29) is 42.5 Å². The first kappa shape index (κ1) is 17.9. The van der Waals surface area contributed by atoms with E-state index in [1.807, 2.05) is 23.1 Å². The first-order valence-electron chi connectivity index (χ1n) is 9.94. The van der Waals surface area contributed by atoms with Crippen molar-refractivity contribution in [2.45, 2.75) is 32.1 Å². The molecule has 0 spiro atoms. The summed E-state index contributed by atoms with van der Waals surface area (Å²) in [5.41, 5.74) is 0. The topological polar surface area (TPSA) is 73.8 Å². The van der Waals surface area contributed by atoms with Crippen LogP contribution in [0.5, 0.6) is 0 Å². The van der Waals surface area contributed by atoms with Crippen molar-refractivity contribution in [2.75, 3.05) is 37.6 Å². The van der Waals surface area contributed by atoms with Gasteiger partial charge >= 0.3 is 0 Å². The van der Waals surface area contributed by atoms with Crippen LogP contribution in [0.3, 0.4) is 0 Å². The number of hydrogen-bond donors (Lipinski definition) is 0. The summed E-state index contributed by atoms with van der Waals surface area (Å²) in [5, 5.41) is 0. The van der Waals surface area contributed by atoms with E-state index in [1.165, 1.54) is 4.90 Å². The van der Waals surface area contributed by atoms with Crippen LogP contribution in [0.25, 0.3) is 0 Å². The second-order valence-corrected chi connectivity index (χ2v) is 7.63. The number of carbonyl (C=O) groups is 3. The Balaban J connectivity index is 1.28. The van der Waals surface area contributed by atoms with Crippen molar-refractivity contribution in [3.8, 4) is 0 Å². The Morgan fingerprint density at radius 1 is 1.00 bits per heavy atom. The minimum Gasteiger partial charge on any atom is -0.353 e. The first-order valence-corrected chi connectivity index (χ1v) is 9.94. The molecule has 3 heterocycles. The van der Waals surface area contributed by atoms with E-state index in [0.29, 0.717) is 13.1 Å². The van der Waals surface area contributed by atoms with Crippen molar-refractivity contribution in [3.05, 3.63) is 24.4 Å². The Morgan fingerprint density at radius 3 is 2.26 bits per heavy atom. The third kappa shape index (κ3) is 3.55. The second kappa shape index (κ2) is 7.66. The molecule has 3 amide bonds. The molecule has 2 saturated heterocycles. The van der Waals surface area contributed by atoms with Gasteiger partial charge in [-0.2, -0.15) is 0 Å². The van der Waals surface area contributed by atoms with Gasteiger partial charge in [0.1, 0.15) is 5.82 Å². The van der Waals surface area contributed by atoms with Gasteiger partial charge in [0.15, 0.2) is 0 Å².